The van der Waals surface area contributed by atoms with Crippen LogP contribution < -0.4 is 4.72 Å². The number of nitrogens with one attached hydrogen (secondary N) is 1. The fraction of sp³-hybridized carbons (Fsp3) is 0.0714. The first-order chi connectivity index (χ1) is 9.89. The van der Waals surface area contributed by atoms with Crippen molar-refractivity contribution in [1.82, 2.24) is 0 Å². The van der Waals surface area contributed by atoms with Crippen LogP contribution in [0.1, 0.15) is 11.1 Å². The minimum Gasteiger partial charge on any atom is -0.506 e. The molecule has 0 radical (unpaired) electrons. The first-order valence-corrected chi connectivity index (χ1v) is 7.53. The number of phenols is 1. The summed E-state index contributed by atoms with van der Waals surface area (Å²) in [6.45, 7) is 0. The molecule has 0 aromatic heterocycles. The summed E-state index contributed by atoms with van der Waals surface area (Å²) in [6, 6.07) is 11.0. The minimum atomic E-state index is -3.81. The number of anilines is 1. The second-order valence-corrected chi connectivity index (χ2v) is 6.05. The molecule has 0 bridgehead atoms. The predicted molar refractivity (Wildman–Crippen MR) is 75.5 cm³/mol. The molecule has 2 aromatic carbocycles. The fourth-order valence-electron chi connectivity index (χ4n) is 1.69. The molecule has 0 aliphatic heterocycles. The molecule has 0 saturated heterocycles. The average molecular weight is 306 g/mol. The molecule has 0 aliphatic rings. The molecule has 0 heterocycles. The van der Waals surface area contributed by atoms with Crippen molar-refractivity contribution in [3.63, 3.8) is 0 Å². The summed E-state index contributed by atoms with van der Waals surface area (Å²) in [6.07, 6.45) is 0. The maximum Gasteiger partial charge on any atom is 0.237 e. The van der Waals surface area contributed by atoms with Crippen LogP contribution >= 0.6 is 0 Å². The molecule has 0 spiro atoms. The molecule has 0 fully saturated rings. The second kappa shape index (κ2) is 5.81. The van der Waals surface area contributed by atoms with Gasteiger partial charge in [-0.1, -0.05) is 12.1 Å². The van der Waals surface area contributed by atoms with Crippen molar-refractivity contribution in [1.29, 1.82) is 5.26 Å². The van der Waals surface area contributed by atoms with Gasteiger partial charge in [-0.25, -0.2) is 12.8 Å². The topological polar surface area (TPSA) is 90.2 Å². The Hall–Kier alpha value is -2.59. The Morgan fingerprint density at radius 2 is 1.86 bits per heavy atom. The Labute approximate surface area is 121 Å². The zero-order valence-electron chi connectivity index (χ0n) is 10.7. The van der Waals surface area contributed by atoms with Gasteiger partial charge in [0.05, 0.1) is 23.1 Å². The standard InChI is InChI=1S/C14H11FN2O3S/c15-12-5-6-14(18)13(7-12)17-21(19,20)9-11-3-1-10(8-16)2-4-11/h1-7,17-18H,9H2. The normalized spacial score (nSPS) is 10.9. The van der Waals surface area contributed by atoms with Crippen molar-refractivity contribution in [3.05, 3.63) is 59.4 Å². The van der Waals surface area contributed by atoms with E-state index in [1.54, 1.807) is 0 Å². The van der Waals surface area contributed by atoms with Crippen LogP contribution in [-0.4, -0.2) is 13.5 Å². The molecule has 0 saturated carbocycles. The highest BCUT2D eigenvalue weighted by Gasteiger charge is 2.14. The van der Waals surface area contributed by atoms with Gasteiger partial charge in [0, 0.05) is 6.07 Å². The summed E-state index contributed by atoms with van der Waals surface area (Å²) in [4.78, 5) is 0. The number of nitriles is 1. The van der Waals surface area contributed by atoms with Gasteiger partial charge in [-0.05, 0) is 29.8 Å². The van der Waals surface area contributed by atoms with E-state index in [4.69, 9.17) is 5.26 Å². The maximum atomic E-state index is 13.1. The summed E-state index contributed by atoms with van der Waals surface area (Å²) in [5.74, 6) is -1.38. The number of aromatic hydroxyl groups is 1. The first kappa shape index (κ1) is 14.8. The van der Waals surface area contributed by atoms with E-state index in [0.717, 1.165) is 18.2 Å². The molecule has 0 atom stereocenters. The minimum absolute atomic E-state index is 0.219. The average Bonchev–Trinajstić information content (AvgIpc) is 2.43. The number of halogens is 1. The first-order valence-electron chi connectivity index (χ1n) is 5.88. The van der Waals surface area contributed by atoms with E-state index in [0.29, 0.717) is 11.1 Å². The van der Waals surface area contributed by atoms with Gasteiger partial charge < -0.3 is 5.11 Å². The van der Waals surface area contributed by atoms with Gasteiger partial charge in [0.25, 0.3) is 0 Å². The lowest BCUT2D eigenvalue weighted by Crippen LogP contribution is -2.15. The van der Waals surface area contributed by atoms with Crippen LogP contribution in [0, 0.1) is 17.1 Å². The van der Waals surface area contributed by atoms with E-state index < -0.39 is 15.8 Å². The van der Waals surface area contributed by atoms with Gasteiger partial charge >= 0.3 is 0 Å². The van der Waals surface area contributed by atoms with Gasteiger partial charge in [-0.3, -0.25) is 4.72 Å². The van der Waals surface area contributed by atoms with Gasteiger partial charge in [0.15, 0.2) is 0 Å². The number of hydrogen-bond acceptors (Lipinski definition) is 4. The van der Waals surface area contributed by atoms with Gasteiger partial charge in [-0.15, -0.1) is 0 Å². The summed E-state index contributed by atoms with van der Waals surface area (Å²) >= 11 is 0. The number of benzene rings is 2. The highest BCUT2D eigenvalue weighted by atomic mass is 32.2. The summed E-state index contributed by atoms with van der Waals surface area (Å²) < 4.78 is 39.1. The molecule has 2 N–H and O–H groups in total. The van der Waals surface area contributed by atoms with E-state index in [1.165, 1.54) is 24.3 Å². The van der Waals surface area contributed by atoms with Crippen LogP contribution in [0.2, 0.25) is 0 Å². The number of nitrogens with zero attached hydrogens (tertiary/aromatic N) is 1. The Bertz CT molecular complexity index is 796. The second-order valence-electron chi connectivity index (χ2n) is 4.33. The predicted octanol–water partition coefficient (Wildman–Crippen LogP) is 2.34. The van der Waals surface area contributed by atoms with Gasteiger partial charge in [-0.2, -0.15) is 5.26 Å². The third-order valence-corrected chi connectivity index (χ3v) is 3.91. The van der Waals surface area contributed by atoms with Crippen LogP contribution in [0.15, 0.2) is 42.5 Å². The number of sulfonamides is 1. The molecule has 0 aliphatic carbocycles. The largest absolute Gasteiger partial charge is 0.506 e. The third-order valence-electron chi connectivity index (χ3n) is 2.66. The van der Waals surface area contributed by atoms with E-state index >= 15 is 0 Å². The van der Waals surface area contributed by atoms with Crippen LogP contribution in [0.5, 0.6) is 5.75 Å². The molecular weight excluding hydrogens is 295 g/mol. The molecule has 21 heavy (non-hydrogen) atoms. The van der Waals surface area contributed by atoms with Crippen molar-refractivity contribution in [3.8, 4) is 11.8 Å². The molecule has 5 nitrogen and oxygen atoms in total. The van der Waals surface area contributed by atoms with Gasteiger partial charge in [0.1, 0.15) is 11.6 Å². The monoisotopic (exact) mass is 306 g/mol. The highest BCUT2D eigenvalue weighted by Crippen LogP contribution is 2.25. The fourth-order valence-corrected chi connectivity index (χ4v) is 2.89. The van der Waals surface area contributed by atoms with Crippen molar-refractivity contribution < 1.29 is 17.9 Å². The Kier molecular flexibility index (Phi) is 4.10. The highest BCUT2D eigenvalue weighted by molar-refractivity contribution is 7.91. The zero-order chi connectivity index (χ0) is 15.5. The van der Waals surface area contributed by atoms with Crippen LogP contribution in [0.3, 0.4) is 0 Å². The van der Waals surface area contributed by atoms with Crippen molar-refractivity contribution in [2.45, 2.75) is 5.75 Å². The molecular formula is C14H11FN2O3S. The Morgan fingerprint density at radius 1 is 1.19 bits per heavy atom. The molecule has 2 rings (SSSR count). The smallest absolute Gasteiger partial charge is 0.237 e. The molecule has 108 valence electrons. The van der Waals surface area contributed by atoms with Crippen molar-refractivity contribution in [2.24, 2.45) is 0 Å². The SMILES string of the molecule is N#Cc1ccc(CS(=O)(=O)Nc2cc(F)ccc2O)cc1. The molecule has 2 aromatic rings. The zero-order valence-corrected chi connectivity index (χ0v) is 11.6. The summed E-state index contributed by atoms with van der Waals surface area (Å²) in [5, 5.41) is 18.2. The van der Waals surface area contributed by atoms with Crippen LogP contribution in [0.4, 0.5) is 10.1 Å². The van der Waals surface area contributed by atoms with E-state index in [2.05, 4.69) is 4.72 Å². The lowest BCUT2D eigenvalue weighted by atomic mass is 10.2. The lowest BCUT2D eigenvalue weighted by molar-refractivity contribution is 0.475. The van der Waals surface area contributed by atoms with Gasteiger partial charge in [0.2, 0.25) is 10.0 Å². The summed E-state index contributed by atoms with van der Waals surface area (Å²) in [5.41, 5.74) is 0.674. The summed E-state index contributed by atoms with van der Waals surface area (Å²) in [7, 11) is -3.81. The third kappa shape index (κ3) is 3.94. The molecule has 0 amide bonds. The van der Waals surface area contributed by atoms with E-state index in [9.17, 15) is 17.9 Å². The van der Waals surface area contributed by atoms with E-state index in [-0.39, 0.29) is 17.2 Å². The Balaban J connectivity index is 2.18. The molecule has 7 heteroatoms. The maximum absolute atomic E-state index is 13.1. The molecule has 0 unspecified atom stereocenters. The van der Waals surface area contributed by atoms with Crippen molar-refractivity contribution in [2.75, 3.05) is 4.72 Å². The van der Waals surface area contributed by atoms with Crippen LogP contribution in [0.25, 0.3) is 0 Å². The number of hydrogen-bond donors (Lipinski definition) is 2. The number of phenolic OH excluding ortho intramolecular Hbond substituents is 1. The van der Waals surface area contributed by atoms with Crippen molar-refractivity contribution >= 4 is 15.7 Å². The quantitative estimate of drug-likeness (QED) is 0.848. The Morgan fingerprint density at radius 3 is 2.48 bits per heavy atom. The lowest BCUT2D eigenvalue weighted by Gasteiger charge is -2.09. The van der Waals surface area contributed by atoms with Crippen LogP contribution in [-0.2, 0) is 15.8 Å². The van der Waals surface area contributed by atoms with E-state index in [1.807, 2.05) is 6.07 Å². The number of rotatable bonds is 4.